The number of likely N-dealkylation sites (N-methyl/N-ethyl adjacent to an activating group) is 1. The Morgan fingerprint density at radius 2 is 2.31 bits per heavy atom. The Bertz CT molecular complexity index is 327. The highest BCUT2D eigenvalue weighted by molar-refractivity contribution is 5.60. The molecule has 2 nitrogen and oxygen atoms in total. The van der Waals surface area contributed by atoms with Crippen LogP contribution in [0, 0.1) is 5.82 Å². The van der Waals surface area contributed by atoms with Crippen molar-refractivity contribution in [1.82, 2.24) is 0 Å². The lowest BCUT2D eigenvalue weighted by Crippen LogP contribution is -2.37. The lowest BCUT2D eigenvalue weighted by atomic mass is 10.2. The molecule has 0 radical (unpaired) electrons. The summed E-state index contributed by atoms with van der Waals surface area (Å²) in [6.45, 7) is 2.69. The number of benzene rings is 1. The van der Waals surface area contributed by atoms with E-state index in [2.05, 4.69) is 11.8 Å². The minimum atomic E-state index is -0.248. The van der Waals surface area contributed by atoms with Gasteiger partial charge in [0.15, 0.2) is 0 Å². The normalized spacial score (nSPS) is 20.8. The van der Waals surface area contributed by atoms with Gasteiger partial charge in [-0.25, -0.2) is 4.39 Å². The van der Waals surface area contributed by atoms with Crippen molar-refractivity contribution in [3.8, 4) is 5.75 Å². The molecule has 1 aromatic rings. The van der Waals surface area contributed by atoms with Gasteiger partial charge in [0.2, 0.25) is 0 Å². The minimum absolute atomic E-state index is 0.248. The van der Waals surface area contributed by atoms with Crippen LogP contribution in [0.2, 0.25) is 0 Å². The van der Waals surface area contributed by atoms with Crippen LogP contribution in [0.5, 0.6) is 5.75 Å². The first-order valence-electron chi connectivity index (χ1n) is 4.33. The molecule has 0 aromatic heterocycles. The van der Waals surface area contributed by atoms with Crippen LogP contribution in [0.4, 0.5) is 10.1 Å². The van der Waals surface area contributed by atoms with E-state index in [1.54, 1.807) is 6.07 Å². The monoisotopic (exact) mass is 181 g/mol. The molecule has 0 aliphatic carbocycles. The zero-order valence-corrected chi connectivity index (χ0v) is 7.75. The minimum Gasteiger partial charge on any atom is -0.489 e. The topological polar surface area (TPSA) is 12.5 Å². The van der Waals surface area contributed by atoms with Gasteiger partial charge in [0, 0.05) is 13.1 Å². The predicted octanol–water partition coefficient (Wildman–Crippen LogP) is 2.04. The predicted molar refractivity (Wildman–Crippen MR) is 49.8 cm³/mol. The van der Waals surface area contributed by atoms with Crippen molar-refractivity contribution in [3.63, 3.8) is 0 Å². The van der Waals surface area contributed by atoms with E-state index in [-0.39, 0.29) is 5.82 Å². The molecule has 3 heteroatoms. The van der Waals surface area contributed by atoms with Crippen molar-refractivity contribution >= 4 is 5.69 Å². The first kappa shape index (κ1) is 8.35. The van der Waals surface area contributed by atoms with E-state index in [0.29, 0.717) is 18.4 Å². The van der Waals surface area contributed by atoms with Crippen molar-refractivity contribution in [2.24, 2.45) is 0 Å². The van der Waals surface area contributed by atoms with Crippen LogP contribution < -0.4 is 9.64 Å². The second kappa shape index (κ2) is 2.91. The van der Waals surface area contributed by atoms with Crippen molar-refractivity contribution in [1.29, 1.82) is 0 Å². The van der Waals surface area contributed by atoms with E-state index in [4.69, 9.17) is 4.74 Å². The number of ether oxygens (including phenoxy) is 1. The van der Waals surface area contributed by atoms with Crippen LogP contribution in [-0.4, -0.2) is 19.7 Å². The Kier molecular flexibility index (Phi) is 1.87. The summed E-state index contributed by atoms with van der Waals surface area (Å²) in [6.07, 6.45) is 0. The maximum atomic E-state index is 12.8. The summed E-state index contributed by atoms with van der Waals surface area (Å²) < 4.78 is 18.2. The van der Waals surface area contributed by atoms with E-state index in [9.17, 15) is 4.39 Å². The molecule has 0 saturated heterocycles. The third-order valence-electron chi connectivity index (χ3n) is 2.44. The molecular formula is C10H12FNO. The molecule has 1 aliphatic heterocycles. The van der Waals surface area contributed by atoms with Gasteiger partial charge in [-0.3, -0.25) is 0 Å². The highest BCUT2D eigenvalue weighted by Gasteiger charge is 2.20. The molecule has 70 valence electrons. The third-order valence-corrected chi connectivity index (χ3v) is 2.44. The molecule has 2 rings (SSSR count). The lowest BCUT2D eigenvalue weighted by Gasteiger charge is -2.33. The molecule has 0 fully saturated rings. The van der Waals surface area contributed by atoms with Crippen LogP contribution in [0.1, 0.15) is 6.92 Å². The summed E-state index contributed by atoms with van der Waals surface area (Å²) in [7, 11) is 1.99. The van der Waals surface area contributed by atoms with Gasteiger partial charge in [-0.15, -0.1) is 0 Å². The maximum absolute atomic E-state index is 12.8. The average molecular weight is 181 g/mol. The maximum Gasteiger partial charge on any atom is 0.145 e. The SMILES string of the molecule is CC1COc2cc(F)ccc2N1C. The summed E-state index contributed by atoms with van der Waals surface area (Å²) in [5.41, 5.74) is 0.958. The Morgan fingerprint density at radius 1 is 1.54 bits per heavy atom. The third kappa shape index (κ3) is 1.34. The average Bonchev–Trinajstić information content (AvgIpc) is 2.12. The smallest absolute Gasteiger partial charge is 0.145 e. The van der Waals surface area contributed by atoms with Crippen LogP contribution in [-0.2, 0) is 0 Å². The number of hydrogen-bond donors (Lipinski definition) is 0. The van der Waals surface area contributed by atoms with Crippen molar-refractivity contribution in [2.75, 3.05) is 18.6 Å². The van der Waals surface area contributed by atoms with E-state index in [0.717, 1.165) is 5.69 Å². The van der Waals surface area contributed by atoms with Crippen LogP contribution >= 0.6 is 0 Å². The quantitative estimate of drug-likeness (QED) is 0.607. The molecule has 1 aromatic carbocycles. The fourth-order valence-electron chi connectivity index (χ4n) is 1.45. The summed E-state index contributed by atoms with van der Waals surface area (Å²) in [6, 6.07) is 4.98. The largest absolute Gasteiger partial charge is 0.489 e. The lowest BCUT2D eigenvalue weighted by molar-refractivity contribution is 0.273. The number of nitrogens with zero attached hydrogens (tertiary/aromatic N) is 1. The first-order valence-corrected chi connectivity index (χ1v) is 4.33. The van der Waals surface area contributed by atoms with Gasteiger partial charge in [-0.1, -0.05) is 0 Å². The fourth-order valence-corrected chi connectivity index (χ4v) is 1.45. The van der Waals surface area contributed by atoms with E-state index >= 15 is 0 Å². The van der Waals surface area contributed by atoms with Gasteiger partial charge in [0.1, 0.15) is 18.2 Å². The van der Waals surface area contributed by atoms with Gasteiger partial charge < -0.3 is 9.64 Å². The molecule has 1 heterocycles. The standard InChI is InChI=1S/C10H12FNO/c1-7-6-13-10-5-8(11)3-4-9(10)12(7)2/h3-5,7H,6H2,1-2H3. The summed E-state index contributed by atoms with van der Waals surface area (Å²) in [5, 5.41) is 0. The second-order valence-electron chi connectivity index (χ2n) is 3.38. The van der Waals surface area contributed by atoms with Crippen LogP contribution in [0.3, 0.4) is 0 Å². The van der Waals surface area contributed by atoms with Gasteiger partial charge in [-0.05, 0) is 19.1 Å². The van der Waals surface area contributed by atoms with Gasteiger partial charge in [-0.2, -0.15) is 0 Å². The van der Waals surface area contributed by atoms with E-state index in [1.165, 1.54) is 12.1 Å². The number of halogens is 1. The fraction of sp³-hybridized carbons (Fsp3) is 0.400. The second-order valence-corrected chi connectivity index (χ2v) is 3.38. The summed E-state index contributed by atoms with van der Waals surface area (Å²) in [5.74, 6) is 0.391. The van der Waals surface area contributed by atoms with Crippen LogP contribution in [0.25, 0.3) is 0 Å². The Hall–Kier alpha value is -1.25. The van der Waals surface area contributed by atoms with Crippen molar-refractivity contribution < 1.29 is 9.13 Å². The van der Waals surface area contributed by atoms with Gasteiger partial charge in [0.05, 0.1) is 11.7 Å². The Labute approximate surface area is 76.9 Å². The van der Waals surface area contributed by atoms with Crippen molar-refractivity contribution in [2.45, 2.75) is 13.0 Å². The number of rotatable bonds is 0. The van der Waals surface area contributed by atoms with Crippen LogP contribution in [0.15, 0.2) is 18.2 Å². The number of fused-ring (bicyclic) bond motifs is 1. The zero-order valence-electron chi connectivity index (χ0n) is 7.75. The van der Waals surface area contributed by atoms with Gasteiger partial charge in [0.25, 0.3) is 0 Å². The summed E-state index contributed by atoms with van der Waals surface area (Å²) in [4.78, 5) is 2.10. The molecule has 1 aliphatic rings. The molecular weight excluding hydrogens is 169 g/mol. The molecule has 0 saturated carbocycles. The molecule has 0 spiro atoms. The number of hydrogen-bond acceptors (Lipinski definition) is 2. The van der Waals surface area contributed by atoms with E-state index in [1.807, 2.05) is 7.05 Å². The highest BCUT2D eigenvalue weighted by atomic mass is 19.1. The van der Waals surface area contributed by atoms with Crippen molar-refractivity contribution in [3.05, 3.63) is 24.0 Å². The zero-order chi connectivity index (χ0) is 9.42. The molecule has 0 bridgehead atoms. The molecule has 13 heavy (non-hydrogen) atoms. The molecule has 0 amide bonds. The summed E-state index contributed by atoms with van der Waals surface area (Å²) >= 11 is 0. The number of anilines is 1. The Balaban J connectivity index is 2.44. The van der Waals surface area contributed by atoms with E-state index < -0.39 is 0 Å². The molecule has 1 atom stereocenters. The molecule has 1 unspecified atom stereocenters. The first-order chi connectivity index (χ1) is 6.18. The Morgan fingerprint density at radius 3 is 3.08 bits per heavy atom. The highest BCUT2D eigenvalue weighted by Crippen LogP contribution is 2.32. The van der Waals surface area contributed by atoms with Gasteiger partial charge >= 0.3 is 0 Å². The molecule has 0 N–H and O–H groups in total.